The molecular formula is C22H22F3N5O3S. The summed E-state index contributed by atoms with van der Waals surface area (Å²) in [6, 6.07) is 5.64. The van der Waals surface area contributed by atoms with E-state index in [2.05, 4.69) is 27.3 Å². The molecule has 1 aliphatic heterocycles. The molecule has 1 atom stereocenters. The van der Waals surface area contributed by atoms with Crippen LogP contribution in [0.2, 0.25) is 0 Å². The number of ether oxygens (including phenoxy) is 1. The third-order valence-electron chi connectivity index (χ3n) is 5.50. The number of nitrogens with zero attached hydrogens (tertiary/aromatic N) is 5. The number of hydrogen-bond donors (Lipinski definition) is 1. The summed E-state index contributed by atoms with van der Waals surface area (Å²) in [6.07, 6.45) is -0.843. The number of anilines is 2. The van der Waals surface area contributed by atoms with Gasteiger partial charge in [-0.1, -0.05) is 0 Å². The van der Waals surface area contributed by atoms with Gasteiger partial charge in [0.15, 0.2) is 11.2 Å². The molecule has 0 spiro atoms. The number of nitriles is 1. The third kappa shape index (κ3) is 4.79. The molecule has 1 unspecified atom stereocenters. The van der Waals surface area contributed by atoms with Crippen LogP contribution in [-0.2, 0) is 26.9 Å². The number of pyridine rings is 2. The second-order valence-electron chi connectivity index (χ2n) is 8.09. The van der Waals surface area contributed by atoms with Crippen molar-refractivity contribution in [3.63, 3.8) is 0 Å². The molecule has 1 fully saturated rings. The molecule has 1 saturated heterocycles. The first-order chi connectivity index (χ1) is 15.9. The quantitative estimate of drug-likeness (QED) is 0.484. The molecule has 34 heavy (non-hydrogen) atoms. The average molecular weight is 494 g/mol. The van der Waals surface area contributed by atoms with E-state index in [4.69, 9.17) is 5.26 Å². The first-order valence-corrected chi connectivity index (χ1v) is 10.7. The lowest BCUT2D eigenvalue weighted by Crippen LogP contribution is -2.45. The minimum atomic E-state index is -4.81. The molecule has 2 aromatic heterocycles. The molecule has 0 aliphatic carbocycles. The predicted molar refractivity (Wildman–Crippen MR) is 120 cm³/mol. The van der Waals surface area contributed by atoms with Crippen molar-refractivity contribution in [1.29, 1.82) is 5.26 Å². The number of halogens is 3. The molecular weight excluding hydrogens is 471 g/mol. The topological polar surface area (TPSA) is 99.4 Å². The monoisotopic (exact) mass is 493 g/mol. The Hall–Kier alpha value is -3.33. The number of thiol groups is 1. The fourth-order valence-electron chi connectivity index (χ4n) is 3.73. The number of amides is 1. The maximum atomic E-state index is 13.4. The highest BCUT2D eigenvalue weighted by molar-refractivity contribution is 7.81. The minimum absolute atomic E-state index is 0.126. The zero-order chi connectivity index (χ0) is 25.3. The van der Waals surface area contributed by atoms with Crippen LogP contribution in [0, 0.1) is 11.3 Å². The lowest BCUT2D eigenvalue weighted by atomic mass is 10.0. The number of esters is 1. The highest BCUT2D eigenvalue weighted by Gasteiger charge is 2.52. The van der Waals surface area contributed by atoms with Crippen LogP contribution in [0.15, 0.2) is 30.6 Å². The first kappa shape index (κ1) is 25.3. The van der Waals surface area contributed by atoms with Crippen molar-refractivity contribution in [2.24, 2.45) is 0 Å². The van der Waals surface area contributed by atoms with Crippen LogP contribution in [0.1, 0.15) is 43.6 Å². The van der Waals surface area contributed by atoms with Crippen LogP contribution in [-0.4, -0.2) is 40.0 Å². The fourth-order valence-corrected chi connectivity index (χ4v) is 4.39. The zero-order valence-corrected chi connectivity index (χ0v) is 19.5. The number of carbonyl (C=O) groups excluding carboxylic acids is 2. The van der Waals surface area contributed by atoms with Gasteiger partial charge >= 0.3 is 12.1 Å². The molecule has 0 saturated carbocycles. The molecule has 1 amide bonds. The van der Waals surface area contributed by atoms with Crippen LogP contribution in [0.25, 0.3) is 0 Å². The Bertz CT molecular complexity index is 1130. The summed E-state index contributed by atoms with van der Waals surface area (Å²) in [6.45, 7) is 3.26. The van der Waals surface area contributed by atoms with Crippen LogP contribution in [0.3, 0.4) is 0 Å². The SMILES string of the molecule is COC(=O)CCCc1ccc(N2C(S)N(c3cnc(C#N)c(C(F)(F)F)c3)C(=O)C2(C)C)cn1. The maximum absolute atomic E-state index is 13.4. The van der Waals surface area contributed by atoms with Crippen molar-refractivity contribution in [3.05, 3.63) is 47.5 Å². The summed E-state index contributed by atoms with van der Waals surface area (Å²) in [7, 11) is 1.32. The fraction of sp³-hybridized carbons (Fsp3) is 0.409. The number of carbonyl (C=O) groups is 2. The van der Waals surface area contributed by atoms with E-state index in [0.29, 0.717) is 18.5 Å². The number of rotatable bonds is 6. The van der Waals surface area contributed by atoms with E-state index >= 15 is 0 Å². The summed E-state index contributed by atoms with van der Waals surface area (Å²) in [5.74, 6) is -0.799. The molecule has 3 heterocycles. The normalized spacial score (nSPS) is 17.6. The van der Waals surface area contributed by atoms with Gasteiger partial charge in [-0.25, -0.2) is 4.98 Å². The van der Waals surface area contributed by atoms with Crippen LogP contribution in [0.5, 0.6) is 0 Å². The largest absolute Gasteiger partial charge is 0.469 e. The molecule has 8 nitrogen and oxygen atoms in total. The zero-order valence-electron chi connectivity index (χ0n) is 18.6. The van der Waals surface area contributed by atoms with Crippen molar-refractivity contribution in [1.82, 2.24) is 9.97 Å². The number of aryl methyl sites for hydroxylation is 1. The van der Waals surface area contributed by atoms with E-state index in [1.807, 2.05) is 0 Å². The molecule has 0 N–H and O–H groups in total. The number of aromatic nitrogens is 2. The van der Waals surface area contributed by atoms with Gasteiger partial charge in [-0.2, -0.15) is 18.4 Å². The van der Waals surface area contributed by atoms with E-state index in [-0.39, 0.29) is 18.1 Å². The summed E-state index contributed by atoms with van der Waals surface area (Å²) >= 11 is 4.53. The van der Waals surface area contributed by atoms with Gasteiger partial charge in [0.25, 0.3) is 5.91 Å². The summed E-state index contributed by atoms with van der Waals surface area (Å²) in [5.41, 5.74) is -2.97. The van der Waals surface area contributed by atoms with E-state index < -0.39 is 34.4 Å². The van der Waals surface area contributed by atoms with Crippen molar-refractivity contribution in [2.75, 3.05) is 16.9 Å². The van der Waals surface area contributed by atoms with Crippen LogP contribution < -0.4 is 9.80 Å². The number of alkyl halides is 3. The maximum Gasteiger partial charge on any atom is 0.419 e. The molecule has 0 aromatic carbocycles. The highest BCUT2D eigenvalue weighted by Crippen LogP contribution is 2.41. The van der Waals surface area contributed by atoms with E-state index in [1.165, 1.54) is 13.2 Å². The van der Waals surface area contributed by atoms with Gasteiger partial charge in [0, 0.05) is 12.1 Å². The summed E-state index contributed by atoms with van der Waals surface area (Å²) in [5, 5.41) is 8.99. The number of methoxy groups -OCH3 is 1. The second kappa shape index (κ2) is 9.50. The van der Waals surface area contributed by atoms with Crippen molar-refractivity contribution >= 4 is 35.9 Å². The van der Waals surface area contributed by atoms with E-state index in [0.717, 1.165) is 22.9 Å². The second-order valence-corrected chi connectivity index (χ2v) is 8.55. The van der Waals surface area contributed by atoms with E-state index in [1.54, 1.807) is 37.1 Å². The van der Waals surface area contributed by atoms with Gasteiger partial charge < -0.3 is 9.64 Å². The Labute approximate surface area is 199 Å². The van der Waals surface area contributed by atoms with Gasteiger partial charge in [-0.3, -0.25) is 19.5 Å². The molecule has 3 rings (SSSR count). The van der Waals surface area contributed by atoms with Gasteiger partial charge in [0.1, 0.15) is 11.6 Å². The van der Waals surface area contributed by atoms with Crippen molar-refractivity contribution in [2.45, 2.75) is 50.3 Å². The minimum Gasteiger partial charge on any atom is -0.469 e. The van der Waals surface area contributed by atoms with Crippen molar-refractivity contribution < 1.29 is 27.5 Å². The van der Waals surface area contributed by atoms with Gasteiger partial charge in [-0.05, 0) is 44.9 Å². The Morgan fingerprint density at radius 1 is 1.26 bits per heavy atom. The van der Waals surface area contributed by atoms with Gasteiger partial charge in [0.2, 0.25) is 0 Å². The Morgan fingerprint density at radius 3 is 2.50 bits per heavy atom. The molecule has 12 heteroatoms. The smallest absolute Gasteiger partial charge is 0.419 e. The Kier molecular flexibility index (Phi) is 7.07. The predicted octanol–water partition coefficient (Wildman–Crippen LogP) is 3.71. The summed E-state index contributed by atoms with van der Waals surface area (Å²) in [4.78, 5) is 35.2. The third-order valence-corrected chi connectivity index (χ3v) is 5.96. The molecule has 180 valence electrons. The lowest BCUT2D eigenvalue weighted by molar-refractivity contribution is -0.140. The van der Waals surface area contributed by atoms with Crippen LogP contribution >= 0.6 is 12.6 Å². The Balaban J connectivity index is 1.89. The van der Waals surface area contributed by atoms with Gasteiger partial charge in [0.05, 0.1) is 36.4 Å². The number of hydrogen-bond acceptors (Lipinski definition) is 8. The average Bonchev–Trinajstić information content (AvgIpc) is 2.96. The van der Waals surface area contributed by atoms with Crippen LogP contribution in [0.4, 0.5) is 24.5 Å². The molecule has 2 aromatic rings. The molecule has 0 radical (unpaired) electrons. The molecule has 0 bridgehead atoms. The standard InChI is InChI=1S/C22H22F3N5O3S/c1-21(2)19(32)29(15-9-16(22(23,24)25)17(10-26)28-12-15)20(34)30(21)14-8-7-13(27-11-14)5-4-6-18(31)33-3/h7-9,11-12,20,34H,4-6H2,1-3H3. The van der Waals surface area contributed by atoms with Crippen molar-refractivity contribution in [3.8, 4) is 6.07 Å². The summed E-state index contributed by atoms with van der Waals surface area (Å²) < 4.78 is 44.9. The Morgan fingerprint density at radius 2 is 1.94 bits per heavy atom. The highest BCUT2D eigenvalue weighted by atomic mass is 32.1. The van der Waals surface area contributed by atoms with Gasteiger partial charge in [-0.15, -0.1) is 12.6 Å². The lowest BCUT2D eigenvalue weighted by Gasteiger charge is -2.33. The first-order valence-electron chi connectivity index (χ1n) is 10.2. The van der Waals surface area contributed by atoms with E-state index in [9.17, 15) is 22.8 Å². The molecule has 1 aliphatic rings.